The molecular weight excluding hydrogens is 659 g/mol. The van der Waals surface area contributed by atoms with Crippen LogP contribution in [0.4, 0.5) is 0 Å². The smallest absolute Gasteiger partial charge is 0.338 e. The second-order valence-electron chi connectivity index (χ2n) is 9.05. The summed E-state index contributed by atoms with van der Waals surface area (Å²) in [7, 11) is 1.54. The molecule has 1 aromatic heterocycles. The second kappa shape index (κ2) is 12.4. The van der Waals surface area contributed by atoms with Crippen LogP contribution in [0.25, 0.3) is 6.08 Å². The molecule has 2 aromatic carbocycles. The van der Waals surface area contributed by atoms with Crippen LogP contribution in [0.5, 0.6) is 23.0 Å². The van der Waals surface area contributed by atoms with Crippen molar-refractivity contribution in [2.45, 2.75) is 32.7 Å². The van der Waals surface area contributed by atoms with Crippen LogP contribution in [0.2, 0.25) is 0 Å². The average Bonchev–Trinajstić information content (AvgIpc) is 3.55. The number of halogens is 1. The number of carbonyl (C=O) groups is 1. The standard InChI is InChI=1S/C30H27IN2O7S/c1-5-8-20-25(29(35)37-7-3)26(18-9-10-21-22(15-18)40-16-39-21)33-28(34)24(41-30(33)32-20)14-17-12-19(31)27(38-11-6-2)23(13-17)36-4/h2,9-10,12-15,26H,5,7-8,11,16H2,1,3-4H3/b24-14-/t26-/m1/s1. The molecule has 2 aliphatic heterocycles. The van der Waals surface area contributed by atoms with Gasteiger partial charge in [0.05, 0.1) is 39.1 Å². The number of benzene rings is 2. The minimum Gasteiger partial charge on any atom is -0.493 e. The van der Waals surface area contributed by atoms with Gasteiger partial charge in [0, 0.05) is 0 Å². The van der Waals surface area contributed by atoms with E-state index in [9.17, 15) is 9.59 Å². The van der Waals surface area contributed by atoms with E-state index in [1.807, 2.05) is 19.1 Å². The Balaban J connectivity index is 1.71. The highest BCUT2D eigenvalue weighted by atomic mass is 127. The van der Waals surface area contributed by atoms with Gasteiger partial charge >= 0.3 is 5.97 Å². The lowest BCUT2D eigenvalue weighted by atomic mass is 9.94. The number of hydrogen-bond donors (Lipinski definition) is 0. The third-order valence-electron chi connectivity index (χ3n) is 6.45. The molecule has 3 aromatic rings. The largest absolute Gasteiger partial charge is 0.493 e. The molecule has 41 heavy (non-hydrogen) atoms. The fourth-order valence-electron chi connectivity index (χ4n) is 4.75. The number of methoxy groups -OCH3 is 1. The number of thiazole rings is 1. The summed E-state index contributed by atoms with van der Waals surface area (Å²) in [6.45, 7) is 4.18. The van der Waals surface area contributed by atoms with Crippen molar-refractivity contribution < 1.29 is 28.5 Å². The Morgan fingerprint density at radius 1 is 1.27 bits per heavy atom. The fourth-order valence-corrected chi connectivity index (χ4v) is 6.55. The van der Waals surface area contributed by atoms with E-state index in [2.05, 4.69) is 28.5 Å². The van der Waals surface area contributed by atoms with Gasteiger partial charge in [0.1, 0.15) is 6.61 Å². The molecule has 3 heterocycles. The topological polar surface area (TPSA) is 97.6 Å². The van der Waals surface area contributed by atoms with Gasteiger partial charge in [-0.05, 0) is 77.4 Å². The molecule has 0 radical (unpaired) electrons. The van der Waals surface area contributed by atoms with Gasteiger partial charge in [0.15, 0.2) is 27.8 Å². The highest BCUT2D eigenvalue weighted by Gasteiger charge is 2.35. The maximum Gasteiger partial charge on any atom is 0.338 e. The van der Waals surface area contributed by atoms with Gasteiger partial charge in [0.2, 0.25) is 6.79 Å². The molecule has 11 heteroatoms. The zero-order valence-corrected chi connectivity index (χ0v) is 25.7. The van der Waals surface area contributed by atoms with E-state index in [1.165, 1.54) is 11.3 Å². The first kappa shape index (κ1) is 28.8. The van der Waals surface area contributed by atoms with Crippen LogP contribution in [0.3, 0.4) is 0 Å². The number of nitrogens with zero attached hydrogens (tertiary/aromatic N) is 2. The first-order valence-corrected chi connectivity index (χ1v) is 14.8. The number of allylic oxidation sites excluding steroid dienone is 1. The van der Waals surface area contributed by atoms with E-state index in [0.717, 1.165) is 15.6 Å². The Morgan fingerprint density at radius 3 is 2.80 bits per heavy atom. The van der Waals surface area contributed by atoms with Crippen molar-refractivity contribution >= 4 is 46.0 Å². The van der Waals surface area contributed by atoms with Crippen molar-refractivity contribution in [1.82, 2.24) is 4.57 Å². The van der Waals surface area contributed by atoms with Gasteiger partial charge in [-0.25, -0.2) is 9.79 Å². The third-order valence-corrected chi connectivity index (χ3v) is 8.24. The second-order valence-corrected chi connectivity index (χ2v) is 11.2. The van der Waals surface area contributed by atoms with Gasteiger partial charge in [-0.3, -0.25) is 9.36 Å². The number of ether oxygens (including phenoxy) is 5. The number of carbonyl (C=O) groups excluding carboxylic acids is 1. The number of rotatable bonds is 9. The van der Waals surface area contributed by atoms with Crippen molar-refractivity contribution in [3.63, 3.8) is 0 Å². The van der Waals surface area contributed by atoms with Crippen molar-refractivity contribution in [3.8, 4) is 35.3 Å². The minimum absolute atomic E-state index is 0.104. The zero-order valence-electron chi connectivity index (χ0n) is 22.7. The number of fused-ring (bicyclic) bond motifs is 2. The number of aromatic nitrogens is 1. The van der Waals surface area contributed by atoms with Crippen LogP contribution in [-0.4, -0.2) is 37.7 Å². The third kappa shape index (κ3) is 5.58. The molecule has 0 saturated heterocycles. The van der Waals surface area contributed by atoms with Crippen molar-refractivity contribution in [1.29, 1.82) is 0 Å². The molecule has 0 bridgehead atoms. The van der Waals surface area contributed by atoms with E-state index < -0.39 is 12.0 Å². The maximum atomic E-state index is 14.0. The molecule has 0 unspecified atom stereocenters. The fraction of sp³-hybridized carbons (Fsp3) is 0.300. The van der Waals surface area contributed by atoms with Crippen molar-refractivity contribution in [3.05, 3.63) is 76.0 Å². The summed E-state index contributed by atoms with van der Waals surface area (Å²) >= 11 is 3.40. The minimum atomic E-state index is -0.752. The van der Waals surface area contributed by atoms with Crippen LogP contribution in [-0.2, 0) is 9.53 Å². The lowest BCUT2D eigenvalue weighted by molar-refractivity contribution is -0.139. The monoisotopic (exact) mass is 686 g/mol. The molecular formula is C30H27IN2O7S. The van der Waals surface area contributed by atoms with Crippen LogP contribution < -0.4 is 33.8 Å². The molecule has 0 aliphatic carbocycles. The summed E-state index contributed by atoms with van der Waals surface area (Å²) in [5, 5.41) is 0. The Kier molecular flexibility index (Phi) is 8.70. The zero-order chi connectivity index (χ0) is 29.1. The summed E-state index contributed by atoms with van der Waals surface area (Å²) in [6.07, 6.45) is 8.45. The number of esters is 1. The Labute approximate surface area is 254 Å². The number of hydrogen-bond acceptors (Lipinski definition) is 9. The molecule has 212 valence electrons. The van der Waals surface area contributed by atoms with E-state index in [-0.39, 0.29) is 25.6 Å². The molecule has 0 spiro atoms. The average molecular weight is 687 g/mol. The lowest BCUT2D eigenvalue weighted by Crippen LogP contribution is -2.40. The van der Waals surface area contributed by atoms with Crippen molar-refractivity contribution in [2.24, 2.45) is 4.99 Å². The van der Waals surface area contributed by atoms with E-state index in [4.69, 9.17) is 35.1 Å². The highest BCUT2D eigenvalue weighted by molar-refractivity contribution is 14.1. The summed E-state index contributed by atoms with van der Waals surface area (Å²) in [5.74, 6) is 4.15. The molecule has 1 atom stereocenters. The maximum absolute atomic E-state index is 14.0. The quantitative estimate of drug-likeness (QED) is 0.191. The first-order chi connectivity index (χ1) is 19.9. The summed E-state index contributed by atoms with van der Waals surface area (Å²) in [5.41, 5.74) is 2.10. The van der Waals surface area contributed by atoms with Crippen LogP contribution in [0.15, 0.2) is 51.4 Å². The van der Waals surface area contributed by atoms with E-state index in [0.29, 0.717) is 55.6 Å². The number of terminal acetylenes is 1. The molecule has 0 saturated carbocycles. The Morgan fingerprint density at radius 2 is 2.07 bits per heavy atom. The molecule has 9 nitrogen and oxygen atoms in total. The van der Waals surface area contributed by atoms with Gasteiger partial charge in [-0.1, -0.05) is 36.7 Å². The molecule has 2 aliphatic rings. The summed E-state index contributed by atoms with van der Waals surface area (Å²) in [4.78, 5) is 32.7. The highest BCUT2D eigenvalue weighted by Crippen LogP contribution is 2.39. The first-order valence-electron chi connectivity index (χ1n) is 12.9. The van der Waals surface area contributed by atoms with E-state index >= 15 is 0 Å². The Hall–Kier alpha value is -3.76. The molecule has 5 rings (SSSR count). The lowest BCUT2D eigenvalue weighted by Gasteiger charge is -2.25. The van der Waals surface area contributed by atoms with Gasteiger partial charge in [-0.2, -0.15) is 0 Å². The van der Waals surface area contributed by atoms with Crippen LogP contribution in [0.1, 0.15) is 43.9 Å². The van der Waals surface area contributed by atoms with Gasteiger partial charge < -0.3 is 23.7 Å². The van der Waals surface area contributed by atoms with E-state index in [1.54, 1.807) is 42.9 Å². The van der Waals surface area contributed by atoms with Gasteiger partial charge in [0.25, 0.3) is 5.56 Å². The summed E-state index contributed by atoms with van der Waals surface area (Å²) in [6, 6.07) is 8.35. The Bertz CT molecular complexity index is 1770. The predicted octanol–water partition coefficient (Wildman–Crippen LogP) is 3.93. The van der Waals surface area contributed by atoms with Crippen molar-refractivity contribution in [2.75, 3.05) is 27.1 Å². The normalized spacial score (nSPS) is 15.7. The van der Waals surface area contributed by atoms with Gasteiger partial charge in [-0.15, -0.1) is 6.42 Å². The van der Waals surface area contributed by atoms with Crippen LogP contribution in [0, 0.1) is 15.9 Å². The SMILES string of the molecule is C#CCOc1c(I)cc(/C=c2\sc3n(c2=O)[C@H](c2ccc4c(c2)OCO4)C(C(=O)OCC)=C(CCC)N=3)cc1OC. The van der Waals surface area contributed by atoms with Crippen LogP contribution >= 0.6 is 33.9 Å². The molecule has 0 fully saturated rings. The summed E-state index contributed by atoms with van der Waals surface area (Å²) < 4.78 is 30.6. The molecule has 0 amide bonds. The predicted molar refractivity (Wildman–Crippen MR) is 162 cm³/mol. The molecule has 0 N–H and O–H groups in total.